The number of ketones is 1. The number of thiazole rings is 1. The number of anilines is 1. The van der Waals surface area contributed by atoms with Gasteiger partial charge in [0.25, 0.3) is 0 Å². The number of hydrogen-bond donors (Lipinski definition) is 2. The molecule has 0 aliphatic heterocycles. The van der Waals surface area contributed by atoms with Gasteiger partial charge in [-0.1, -0.05) is 12.1 Å². The molecule has 0 unspecified atom stereocenters. The van der Waals surface area contributed by atoms with Crippen molar-refractivity contribution in [1.29, 1.82) is 0 Å². The lowest BCUT2D eigenvalue weighted by atomic mass is 10.1. The van der Waals surface area contributed by atoms with Crippen LogP contribution in [0.2, 0.25) is 0 Å². The van der Waals surface area contributed by atoms with Crippen LogP contribution in [0.5, 0.6) is 0 Å². The van der Waals surface area contributed by atoms with Crippen LogP contribution in [-0.2, 0) is 17.8 Å². The van der Waals surface area contributed by atoms with Gasteiger partial charge in [-0.25, -0.2) is 4.98 Å². The summed E-state index contributed by atoms with van der Waals surface area (Å²) in [5.41, 5.74) is 7.20. The normalized spacial score (nSPS) is 10.3. The molecule has 2 aromatic rings. The van der Waals surface area contributed by atoms with Crippen LogP contribution in [0.25, 0.3) is 0 Å². The number of benzene rings is 1. The van der Waals surface area contributed by atoms with Crippen molar-refractivity contribution < 1.29 is 9.59 Å². The highest BCUT2D eigenvalue weighted by Crippen LogP contribution is 2.16. The molecule has 6 heteroatoms. The van der Waals surface area contributed by atoms with E-state index < -0.39 is 0 Å². The summed E-state index contributed by atoms with van der Waals surface area (Å²) < 4.78 is 0. The van der Waals surface area contributed by atoms with Crippen molar-refractivity contribution in [2.45, 2.75) is 19.9 Å². The van der Waals surface area contributed by atoms with Gasteiger partial charge in [0.15, 0.2) is 5.78 Å². The molecule has 0 saturated carbocycles. The van der Waals surface area contributed by atoms with Gasteiger partial charge in [0.1, 0.15) is 5.01 Å². The summed E-state index contributed by atoms with van der Waals surface area (Å²) in [6, 6.07) is 6.94. The largest absolute Gasteiger partial charge is 0.325 e. The van der Waals surface area contributed by atoms with E-state index >= 15 is 0 Å². The Morgan fingerprint density at radius 2 is 2.10 bits per heavy atom. The minimum atomic E-state index is -0.201. The van der Waals surface area contributed by atoms with Gasteiger partial charge < -0.3 is 11.1 Å². The minimum absolute atomic E-state index is 0.0834. The lowest BCUT2D eigenvalue weighted by Crippen LogP contribution is -2.16. The molecular weight excluding hydrogens is 274 g/mol. The van der Waals surface area contributed by atoms with E-state index in [1.807, 2.05) is 5.38 Å². The van der Waals surface area contributed by atoms with Gasteiger partial charge in [0.05, 0.1) is 17.8 Å². The summed E-state index contributed by atoms with van der Waals surface area (Å²) in [7, 11) is 0. The maximum atomic E-state index is 12.0. The molecule has 20 heavy (non-hydrogen) atoms. The maximum Gasteiger partial charge on any atom is 0.230 e. The highest BCUT2D eigenvalue weighted by atomic mass is 32.1. The molecule has 1 heterocycles. The van der Waals surface area contributed by atoms with Crippen LogP contribution in [0.15, 0.2) is 29.6 Å². The van der Waals surface area contributed by atoms with Crippen LogP contribution < -0.4 is 11.1 Å². The quantitative estimate of drug-likeness (QED) is 0.824. The highest BCUT2D eigenvalue weighted by Gasteiger charge is 2.11. The number of nitrogens with one attached hydrogen (secondary N) is 1. The second-order valence-corrected chi connectivity index (χ2v) is 5.21. The Kier molecular flexibility index (Phi) is 4.60. The molecule has 0 aliphatic rings. The molecule has 1 amide bonds. The fraction of sp³-hybridized carbons (Fsp3) is 0.214. The number of Topliss-reactive ketones (excluding diaryl/α,β-unsaturated/α-hetero) is 1. The number of nitrogens with two attached hydrogens (primary N) is 1. The fourth-order valence-corrected chi connectivity index (χ4v) is 2.46. The van der Waals surface area contributed by atoms with E-state index in [1.54, 1.807) is 24.3 Å². The SMILES string of the molecule is CC(=O)c1ccccc1NC(=O)Cc1csc(CN)n1. The molecule has 1 aromatic heterocycles. The number of aromatic nitrogens is 1. The molecule has 0 atom stereocenters. The van der Waals surface area contributed by atoms with Crippen molar-refractivity contribution in [3.05, 3.63) is 45.9 Å². The zero-order valence-corrected chi connectivity index (χ0v) is 11.9. The summed E-state index contributed by atoms with van der Waals surface area (Å²) in [5, 5.41) is 5.36. The molecule has 104 valence electrons. The van der Waals surface area contributed by atoms with Crippen LogP contribution in [-0.4, -0.2) is 16.7 Å². The number of para-hydroxylation sites is 1. The lowest BCUT2D eigenvalue weighted by Gasteiger charge is -2.08. The average molecular weight is 289 g/mol. The Labute approximate surface area is 120 Å². The second kappa shape index (κ2) is 6.40. The summed E-state index contributed by atoms with van der Waals surface area (Å²) in [5.74, 6) is -0.285. The molecule has 0 aliphatic carbocycles. The van der Waals surface area contributed by atoms with Gasteiger partial charge in [-0.2, -0.15) is 0 Å². The third-order valence-electron chi connectivity index (χ3n) is 2.70. The van der Waals surface area contributed by atoms with Gasteiger partial charge in [0.2, 0.25) is 5.91 Å². The molecule has 0 bridgehead atoms. The van der Waals surface area contributed by atoms with Gasteiger partial charge in [0, 0.05) is 17.5 Å². The van der Waals surface area contributed by atoms with E-state index in [-0.39, 0.29) is 18.1 Å². The van der Waals surface area contributed by atoms with Crippen LogP contribution in [0.3, 0.4) is 0 Å². The van der Waals surface area contributed by atoms with Crippen LogP contribution in [0.4, 0.5) is 5.69 Å². The molecule has 3 N–H and O–H groups in total. The number of hydrogen-bond acceptors (Lipinski definition) is 5. The predicted octanol–water partition coefficient (Wildman–Crippen LogP) is 1.99. The lowest BCUT2D eigenvalue weighted by molar-refractivity contribution is -0.115. The first-order valence-corrected chi connectivity index (χ1v) is 7.01. The van der Waals surface area contributed by atoms with Crippen molar-refractivity contribution >= 4 is 28.7 Å². The van der Waals surface area contributed by atoms with E-state index in [9.17, 15) is 9.59 Å². The fourth-order valence-electron chi connectivity index (χ4n) is 1.78. The second-order valence-electron chi connectivity index (χ2n) is 4.26. The number of rotatable bonds is 5. The third kappa shape index (κ3) is 3.49. The Hall–Kier alpha value is -2.05. The Bertz CT molecular complexity index is 637. The Morgan fingerprint density at radius 3 is 2.75 bits per heavy atom. The smallest absolute Gasteiger partial charge is 0.230 e. The Morgan fingerprint density at radius 1 is 1.35 bits per heavy atom. The highest BCUT2D eigenvalue weighted by molar-refractivity contribution is 7.09. The maximum absolute atomic E-state index is 12.0. The van der Waals surface area contributed by atoms with Gasteiger partial charge in [-0.05, 0) is 19.1 Å². The monoisotopic (exact) mass is 289 g/mol. The Balaban J connectivity index is 2.06. The molecule has 0 fully saturated rings. The van der Waals surface area contributed by atoms with Gasteiger partial charge >= 0.3 is 0 Å². The first-order valence-electron chi connectivity index (χ1n) is 6.13. The first kappa shape index (κ1) is 14.4. The van der Waals surface area contributed by atoms with E-state index in [4.69, 9.17) is 5.73 Å². The number of nitrogens with zero attached hydrogens (tertiary/aromatic N) is 1. The minimum Gasteiger partial charge on any atom is -0.325 e. The zero-order valence-electron chi connectivity index (χ0n) is 11.1. The van der Waals surface area contributed by atoms with Crippen LogP contribution in [0, 0.1) is 0 Å². The summed E-state index contributed by atoms with van der Waals surface area (Å²) in [6.07, 6.45) is 0.169. The van der Waals surface area contributed by atoms with E-state index in [0.717, 1.165) is 5.01 Å². The van der Waals surface area contributed by atoms with Crippen LogP contribution >= 0.6 is 11.3 Å². The molecular formula is C14H15N3O2S. The number of amides is 1. The van der Waals surface area contributed by atoms with Crippen molar-refractivity contribution in [2.24, 2.45) is 5.73 Å². The van der Waals surface area contributed by atoms with Crippen molar-refractivity contribution in [1.82, 2.24) is 4.98 Å². The van der Waals surface area contributed by atoms with Crippen LogP contribution in [0.1, 0.15) is 28.0 Å². The number of carbonyl (C=O) groups is 2. The molecule has 2 rings (SSSR count). The van der Waals surface area contributed by atoms with E-state index in [0.29, 0.717) is 23.5 Å². The third-order valence-corrected chi connectivity index (χ3v) is 3.62. The topological polar surface area (TPSA) is 85.1 Å². The molecule has 0 radical (unpaired) electrons. The average Bonchev–Trinajstić information content (AvgIpc) is 2.86. The molecule has 5 nitrogen and oxygen atoms in total. The molecule has 0 spiro atoms. The zero-order chi connectivity index (χ0) is 14.5. The molecule has 1 aromatic carbocycles. The summed E-state index contributed by atoms with van der Waals surface area (Å²) in [4.78, 5) is 27.7. The summed E-state index contributed by atoms with van der Waals surface area (Å²) in [6.45, 7) is 1.85. The van der Waals surface area contributed by atoms with Gasteiger partial charge in [-0.15, -0.1) is 11.3 Å². The van der Waals surface area contributed by atoms with Crippen molar-refractivity contribution in [3.63, 3.8) is 0 Å². The van der Waals surface area contributed by atoms with E-state index in [2.05, 4.69) is 10.3 Å². The van der Waals surface area contributed by atoms with Gasteiger partial charge in [-0.3, -0.25) is 9.59 Å². The summed E-state index contributed by atoms with van der Waals surface area (Å²) >= 11 is 1.44. The van der Waals surface area contributed by atoms with E-state index in [1.165, 1.54) is 18.3 Å². The molecule has 0 saturated heterocycles. The number of carbonyl (C=O) groups excluding carboxylic acids is 2. The van der Waals surface area contributed by atoms with Crippen molar-refractivity contribution in [2.75, 3.05) is 5.32 Å². The standard InChI is InChI=1S/C14H15N3O2S/c1-9(18)11-4-2-3-5-12(11)17-13(19)6-10-8-20-14(7-15)16-10/h2-5,8H,6-7,15H2,1H3,(H,17,19). The van der Waals surface area contributed by atoms with Crippen molar-refractivity contribution in [3.8, 4) is 0 Å². The predicted molar refractivity (Wildman–Crippen MR) is 78.8 cm³/mol. The first-order chi connectivity index (χ1) is 9.60.